The van der Waals surface area contributed by atoms with Gasteiger partial charge in [0.1, 0.15) is 0 Å². The third-order valence-electron chi connectivity index (χ3n) is 3.54. The average Bonchev–Trinajstić information content (AvgIpc) is 2.41. The Bertz CT molecular complexity index is 582. The molecule has 5 nitrogen and oxygen atoms in total. The van der Waals surface area contributed by atoms with Crippen LogP contribution in [0.2, 0.25) is 0 Å². The Kier molecular flexibility index (Phi) is 6.34. The molecule has 0 atom stereocenters. The average molecular weight is 315 g/mol. The van der Waals surface area contributed by atoms with E-state index >= 15 is 0 Å². The summed E-state index contributed by atoms with van der Waals surface area (Å²) in [7, 11) is -2.07. The van der Waals surface area contributed by atoms with E-state index in [1.54, 1.807) is 20.1 Å². The van der Waals surface area contributed by atoms with Crippen molar-refractivity contribution in [3.63, 3.8) is 0 Å². The largest absolute Gasteiger partial charge is 0.392 e. The summed E-state index contributed by atoms with van der Waals surface area (Å²) in [6, 6.07) is 3.20. The second-order valence-electron chi connectivity index (χ2n) is 5.40. The van der Waals surface area contributed by atoms with Gasteiger partial charge in [0, 0.05) is 19.7 Å². The fourth-order valence-corrected chi connectivity index (χ4v) is 4.19. The zero-order valence-corrected chi connectivity index (χ0v) is 14.2. The van der Waals surface area contributed by atoms with Crippen LogP contribution in [0.3, 0.4) is 0 Å². The molecule has 0 aromatic heterocycles. The molecule has 1 rings (SSSR count). The number of rotatable bonds is 7. The molecule has 0 aliphatic heterocycles. The molecule has 0 amide bonds. The zero-order valence-electron chi connectivity index (χ0n) is 13.4. The second kappa shape index (κ2) is 7.35. The van der Waals surface area contributed by atoms with E-state index < -0.39 is 10.0 Å². The molecule has 0 unspecified atom stereocenters. The van der Waals surface area contributed by atoms with Gasteiger partial charge in [-0.15, -0.1) is 0 Å². The molecule has 1 N–H and O–H groups in total. The number of benzene rings is 1. The number of aliphatic hydroxyl groups is 1. The van der Waals surface area contributed by atoms with Crippen LogP contribution >= 0.6 is 0 Å². The Labute approximate surface area is 127 Å². The topological polar surface area (TPSA) is 66.8 Å². The SMILES string of the molecule is COCCN(C(C)C)S(=O)(=O)c1cc(CO)cc(C)c1C. The summed E-state index contributed by atoms with van der Waals surface area (Å²) in [5, 5.41) is 9.30. The minimum Gasteiger partial charge on any atom is -0.392 e. The van der Waals surface area contributed by atoms with Crippen molar-refractivity contribution in [1.29, 1.82) is 0 Å². The van der Waals surface area contributed by atoms with Gasteiger partial charge in [0.15, 0.2) is 0 Å². The maximum Gasteiger partial charge on any atom is 0.243 e. The second-order valence-corrected chi connectivity index (χ2v) is 7.26. The number of aliphatic hydroxyl groups excluding tert-OH is 1. The first-order valence-electron chi connectivity index (χ1n) is 6.97. The van der Waals surface area contributed by atoms with Crippen LogP contribution in [0.15, 0.2) is 17.0 Å². The molecule has 0 spiro atoms. The van der Waals surface area contributed by atoms with Gasteiger partial charge < -0.3 is 9.84 Å². The van der Waals surface area contributed by atoms with Gasteiger partial charge in [0.2, 0.25) is 10.0 Å². The molecule has 120 valence electrons. The molecule has 0 aliphatic rings. The predicted molar refractivity (Wildman–Crippen MR) is 82.7 cm³/mol. The van der Waals surface area contributed by atoms with Crippen molar-refractivity contribution in [2.75, 3.05) is 20.3 Å². The summed E-state index contributed by atoms with van der Waals surface area (Å²) in [4.78, 5) is 0.261. The Balaban J connectivity index is 3.37. The quantitative estimate of drug-likeness (QED) is 0.834. The summed E-state index contributed by atoms with van der Waals surface area (Å²) in [6.45, 7) is 7.79. The number of sulfonamides is 1. The Morgan fingerprint density at radius 3 is 2.38 bits per heavy atom. The van der Waals surface area contributed by atoms with Gasteiger partial charge in [-0.3, -0.25) is 0 Å². The van der Waals surface area contributed by atoms with Gasteiger partial charge >= 0.3 is 0 Å². The first kappa shape index (κ1) is 18.1. The number of aryl methyl sites for hydroxylation is 1. The number of hydrogen-bond donors (Lipinski definition) is 1. The molecule has 0 bridgehead atoms. The smallest absolute Gasteiger partial charge is 0.243 e. The van der Waals surface area contributed by atoms with Gasteiger partial charge in [-0.05, 0) is 50.5 Å². The minimum atomic E-state index is -3.62. The van der Waals surface area contributed by atoms with Crippen molar-refractivity contribution < 1.29 is 18.3 Å². The van der Waals surface area contributed by atoms with Gasteiger partial charge in [0.05, 0.1) is 18.1 Å². The van der Waals surface area contributed by atoms with E-state index in [4.69, 9.17) is 4.74 Å². The first-order chi connectivity index (χ1) is 9.75. The van der Waals surface area contributed by atoms with Crippen LogP contribution in [0.4, 0.5) is 0 Å². The van der Waals surface area contributed by atoms with Crippen LogP contribution in [0, 0.1) is 13.8 Å². The Hall–Kier alpha value is -0.950. The van der Waals surface area contributed by atoms with Crippen LogP contribution in [-0.2, 0) is 21.4 Å². The monoisotopic (exact) mass is 315 g/mol. The van der Waals surface area contributed by atoms with Crippen LogP contribution in [0.1, 0.15) is 30.5 Å². The van der Waals surface area contributed by atoms with Crippen molar-refractivity contribution in [3.8, 4) is 0 Å². The molecule has 0 heterocycles. The fraction of sp³-hybridized carbons (Fsp3) is 0.600. The van der Waals surface area contributed by atoms with Gasteiger partial charge in [0.25, 0.3) is 0 Å². The van der Waals surface area contributed by atoms with Crippen molar-refractivity contribution in [3.05, 3.63) is 28.8 Å². The first-order valence-corrected chi connectivity index (χ1v) is 8.41. The van der Waals surface area contributed by atoms with Crippen LogP contribution < -0.4 is 0 Å². The predicted octanol–water partition coefficient (Wildman–Crippen LogP) is 1.84. The van der Waals surface area contributed by atoms with Crippen LogP contribution in [-0.4, -0.2) is 44.1 Å². The van der Waals surface area contributed by atoms with E-state index in [2.05, 4.69) is 0 Å². The highest BCUT2D eigenvalue weighted by molar-refractivity contribution is 7.89. The highest BCUT2D eigenvalue weighted by Crippen LogP contribution is 2.25. The normalized spacial score (nSPS) is 12.4. The summed E-state index contributed by atoms with van der Waals surface area (Å²) < 4.78 is 32.3. The van der Waals surface area contributed by atoms with Crippen molar-refractivity contribution in [2.45, 2.75) is 45.2 Å². The zero-order chi connectivity index (χ0) is 16.2. The lowest BCUT2D eigenvalue weighted by molar-refractivity contribution is 0.171. The number of ether oxygens (including phenoxy) is 1. The minimum absolute atomic E-state index is 0.164. The van der Waals surface area contributed by atoms with E-state index in [0.717, 1.165) is 11.1 Å². The molecule has 0 aliphatic carbocycles. The Morgan fingerprint density at radius 1 is 1.29 bits per heavy atom. The summed E-state index contributed by atoms with van der Waals surface area (Å²) in [5.41, 5.74) is 2.18. The molecular weight excluding hydrogens is 290 g/mol. The van der Waals surface area contributed by atoms with E-state index in [1.807, 2.05) is 26.8 Å². The van der Waals surface area contributed by atoms with Gasteiger partial charge in [-0.2, -0.15) is 4.31 Å². The lowest BCUT2D eigenvalue weighted by atomic mass is 10.1. The van der Waals surface area contributed by atoms with Crippen LogP contribution in [0.25, 0.3) is 0 Å². The highest BCUT2D eigenvalue weighted by atomic mass is 32.2. The Morgan fingerprint density at radius 2 is 1.90 bits per heavy atom. The third kappa shape index (κ3) is 4.03. The lowest BCUT2D eigenvalue weighted by Crippen LogP contribution is -2.39. The third-order valence-corrected chi connectivity index (χ3v) is 5.74. The van der Waals surface area contributed by atoms with E-state index in [9.17, 15) is 13.5 Å². The molecule has 1 aromatic carbocycles. The molecule has 0 fully saturated rings. The number of nitrogens with zero attached hydrogens (tertiary/aromatic N) is 1. The molecule has 0 saturated carbocycles. The molecule has 21 heavy (non-hydrogen) atoms. The maximum absolute atomic E-state index is 12.9. The molecule has 0 radical (unpaired) electrons. The van der Waals surface area contributed by atoms with E-state index in [1.165, 1.54) is 4.31 Å². The molecular formula is C15H25NO4S. The summed E-state index contributed by atoms with van der Waals surface area (Å²) in [6.07, 6.45) is 0. The summed E-state index contributed by atoms with van der Waals surface area (Å²) in [5.74, 6) is 0. The van der Waals surface area contributed by atoms with Gasteiger partial charge in [-0.1, -0.05) is 6.07 Å². The maximum atomic E-state index is 12.9. The van der Waals surface area contributed by atoms with Crippen molar-refractivity contribution in [1.82, 2.24) is 4.31 Å². The molecule has 1 aromatic rings. The molecule has 0 saturated heterocycles. The molecule has 6 heteroatoms. The number of hydrogen-bond acceptors (Lipinski definition) is 4. The van der Waals surface area contributed by atoms with Gasteiger partial charge in [-0.25, -0.2) is 8.42 Å². The number of methoxy groups -OCH3 is 1. The standard InChI is InChI=1S/C15H25NO4S/c1-11(2)16(6-7-20-5)21(18,19)15-9-14(10-17)8-12(3)13(15)4/h8-9,11,17H,6-7,10H2,1-5H3. The van der Waals surface area contributed by atoms with Crippen molar-refractivity contribution in [2.24, 2.45) is 0 Å². The fourth-order valence-electron chi connectivity index (χ4n) is 2.22. The highest BCUT2D eigenvalue weighted by Gasteiger charge is 2.28. The van der Waals surface area contributed by atoms with E-state index in [0.29, 0.717) is 18.7 Å². The lowest BCUT2D eigenvalue weighted by Gasteiger charge is -2.27. The van der Waals surface area contributed by atoms with Crippen molar-refractivity contribution >= 4 is 10.0 Å². The summed E-state index contributed by atoms with van der Waals surface area (Å²) >= 11 is 0. The van der Waals surface area contributed by atoms with E-state index in [-0.39, 0.29) is 17.5 Å². The van der Waals surface area contributed by atoms with Crippen LogP contribution in [0.5, 0.6) is 0 Å².